The van der Waals surface area contributed by atoms with Crippen LogP contribution in [0.2, 0.25) is 5.02 Å². The van der Waals surface area contributed by atoms with Gasteiger partial charge < -0.3 is 10.1 Å². The second-order valence-corrected chi connectivity index (χ2v) is 9.34. The van der Waals surface area contributed by atoms with E-state index in [1.807, 2.05) is 30.5 Å². The summed E-state index contributed by atoms with van der Waals surface area (Å²) < 4.78 is 5.72. The van der Waals surface area contributed by atoms with Gasteiger partial charge in [-0.25, -0.2) is 4.90 Å². The van der Waals surface area contributed by atoms with E-state index >= 15 is 0 Å². The first kappa shape index (κ1) is 22.1. The van der Waals surface area contributed by atoms with Crippen molar-refractivity contribution in [2.24, 2.45) is 5.92 Å². The van der Waals surface area contributed by atoms with Gasteiger partial charge in [-0.2, -0.15) is 0 Å². The van der Waals surface area contributed by atoms with Gasteiger partial charge in [0, 0.05) is 15.6 Å². The normalized spacial score (nSPS) is 14.0. The van der Waals surface area contributed by atoms with Crippen LogP contribution in [0.3, 0.4) is 0 Å². The Hall–Kier alpha value is -3.09. The average molecular weight is 467 g/mol. The molecule has 0 fully saturated rings. The smallest absolute Gasteiger partial charge is 0.282 e. The molecule has 5 nitrogen and oxygen atoms in total. The van der Waals surface area contributed by atoms with Crippen molar-refractivity contribution in [2.75, 3.05) is 16.8 Å². The van der Waals surface area contributed by atoms with Crippen molar-refractivity contribution in [1.82, 2.24) is 0 Å². The van der Waals surface area contributed by atoms with Gasteiger partial charge in [-0.15, -0.1) is 11.3 Å². The number of thiophene rings is 1. The van der Waals surface area contributed by atoms with E-state index in [0.717, 1.165) is 16.1 Å². The fourth-order valence-electron chi connectivity index (χ4n) is 3.39. The van der Waals surface area contributed by atoms with E-state index in [2.05, 4.69) is 19.2 Å². The van der Waals surface area contributed by atoms with Crippen LogP contribution in [0.4, 0.5) is 11.4 Å². The standard InChI is InChI=1S/C25H23ClN2O3S/c1-15(2)14-31-19-9-7-18(8-10-19)28-24(29)22(21-5-4-12-32-21)23(25(28)30)27-20-11-6-17(26)13-16(20)3/h4-13,15,27H,14H2,1-3H3. The van der Waals surface area contributed by atoms with Gasteiger partial charge in [-0.05, 0) is 72.3 Å². The summed E-state index contributed by atoms with van der Waals surface area (Å²) in [6, 6.07) is 16.1. The summed E-state index contributed by atoms with van der Waals surface area (Å²) in [5, 5.41) is 5.68. The molecule has 3 aromatic rings. The Morgan fingerprint density at radius 1 is 1.06 bits per heavy atom. The van der Waals surface area contributed by atoms with Gasteiger partial charge in [0.2, 0.25) is 0 Å². The molecule has 1 aliphatic heterocycles. The molecule has 2 aromatic carbocycles. The second-order valence-electron chi connectivity index (χ2n) is 7.96. The number of imide groups is 1. The molecule has 0 atom stereocenters. The molecule has 2 amide bonds. The monoisotopic (exact) mass is 466 g/mol. The highest BCUT2D eigenvalue weighted by Crippen LogP contribution is 2.36. The van der Waals surface area contributed by atoms with Crippen LogP contribution in [-0.2, 0) is 9.59 Å². The Labute approximate surface area is 196 Å². The Morgan fingerprint density at radius 2 is 1.81 bits per heavy atom. The zero-order valence-electron chi connectivity index (χ0n) is 18.0. The third-order valence-electron chi connectivity index (χ3n) is 4.98. The van der Waals surface area contributed by atoms with Crippen molar-refractivity contribution in [3.63, 3.8) is 0 Å². The van der Waals surface area contributed by atoms with E-state index in [1.54, 1.807) is 36.4 Å². The number of carbonyl (C=O) groups excluding carboxylic acids is 2. The first-order chi connectivity index (χ1) is 15.3. The molecular formula is C25H23ClN2O3S. The van der Waals surface area contributed by atoms with E-state index in [9.17, 15) is 9.59 Å². The van der Waals surface area contributed by atoms with Gasteiger partial charge in [0.25, 0.3) is 11.8 Å². The highest BCUT2D eigenvalue weighted by Gasteiger charge is 2.40. The number of nitrogens with one attached hydrogen (secondary N) is 1. The lowest BCUT2D eigenvalue weighted by molar-refractivity contribution is -0.120. The number of anilines is 2. The van der Waals surface area contributed by atoms with E-state index < -0.39 is 5.91 Å². The number of carbonyl (C=O) groups is 2. The van der Waals surface area contributed by atoms with Crippen molar-refractivity contribution in [2.45, 2.75) is 20.8 Å². The number of amides is 2. The fraction of sp³-hybridized carbons (Fsp3) is 0.200. The van der Waals surface area contributed by atoms with Gasteiger partial charge in [0.15, 0.2) is 0 Å². The van der Waals surface area contributed by atoms with Crippen molar-refractivity contribution < 1.29 is 14.3 Å². The van der Waals surface area contributed by atoms with E-state index in [-0.39, 0.29) is 11.6 Å². The second kappa shape index (κ2) is 9.18. The average Bonchev–Trinajstić information content (AvgIpc) is 3.36. The van der Waals surface area contributed by atoms with Crippen LogP contribution >= 0.6 is 22.9 Å². The maximum atomic E-state index is 13.4. The number of hydrogen-bond acceptors (Lipinski definition) is 5. The summed E-state index contributed by atoms with van der Waals surface area (Å²) in [6.45, 7) is 6.64. The van der Waals surface area contributed by atoms with Gasteiger partial charge in [0.1, 0.15) is 11.4 Å². The molecule has 2 heterocycles. The number of halogens is 1. The summed E-state index contributed by atoms with van der Waals surface area (Å²) in [4.78, 5) is 28.8. The Balaban J connectivity index is 1.68. The molecule has 0 bridgehead atoms. The predicted octanol–water partition coefficient (Wildman–Crippen LogP) is 6.14. The fourth-order valence-corrected chi connectivity index (χ4v) is 4.38. The molecule has 0 spiro atoms. The lowest BCUT2D eigenvalue weighted by atomic mass is 10.1. The number of hydrogen-bond donors (Lipinski definition) is 1. The molecule has 164 valence electrons. The van der Waals surface area contributed by atoms with Gasteiger partial charge in [-0.3, -0.25) is 9.59 Å². The van der Waals surface area contributed by atoms with Crippen LogP contribution in [0.5, 0.6) is 5.75 Å². The lowest BCUT2D eigenvalue weighted by Crippen LogP contribution is -2.32. The van der Waals surface area contributed by atoms with E-state index in [1.165, 1.54) is 16.2 Å². The maximum absolute atomic E-state index is 13.4. The zero-order valence-corrected chi connectivity index (χ0v) is 19.6. The molecule has 1 N–H and O–H groups in total. The van der Waals surface area contributed by atoms with Crippen molar-refractivity contribution in [3.05, 3.63) is 81.1 Å². The van der Waals surface area contributed by atoms with Gasteiger partial charge >= 0.3 is 0 Å². The van der Waals surface area contributed by atoms with Crippen LogP contribution < -0.4 is 15.0 Å². The van der Waals surface area contributed by atoms with Crippen molar-refractivity contribution in [3.8, 4) is 5.75 Å². The number of benzene rings is 2. The van der Waals surface area contributed by atoms with Crippen LogP contribution in [0.1, 0.15) is 24.3 Å². The van der Waals surface area contributed by atoms with E-state index in [0.29, 0.717) is 34.6 Å². The highest BCUT2D eigenvalue weighted by atomic mass is 35.5. The first-order valence-electron chi connectivity index (χ1n) is 10.3. The van der Waals surface area contributed by atoms with E-state index in [4.69, 9.17) is 16.3 Å². The molecule has 0 radical (unpaired) electrons. The Bertz CT molecular complexity index is 1180. The minimum Gasteiger partial charge on any atom is -0.493 e. The lowest BCUT2D eigenvalue weighted by Gasteiger charge is -2.16. The van der Waals surface area contributed by atoms with Crippen molar-refractivity contribution >= 4 is 51.7 Å². The minimum atomic E-state index is -0.399. The van der Waals surface area contributed by atoms with Gasteiger partial charge in [0.05, 0.1) is 17.9 Å². The molecule has 1 aromatic heterocycles. The maximum Gasteiger partial charge on any atom is 0.282 e. The molecule has 0 aliphatic carbocycles. The Kier molecular flexibility index (Phi) is 6.35. The summed E-state index contributed by atoms with van der Waals surface area (Å²) in [7, 11) is 0. The number of nitrogens with zero attached hydrogens (tertiary/aromatic N) is 1. The molecule has 0 saturated heterocycles. The number of aryl methyl sites for hydroxylation is 1. The molecule has 4 rings (SSSR count). The first-order valence-corrected chi connectivity index (χ1v) is 11.5. The molecule has 1 aliphatic rings. The third-order valence-corrected chi connectivity index (χ3v) is 6.10. The SMILES string of the molecule is Cc1cc(Cl)ccc1NC1=C(c2cccs2)C(=O)N(c2ccc(OCC(C)C)cc2)C1=O. The summed E-state index contributed by atoms with van der Waals surface area (Å²) in [5.74, 6) is 0.341. The molecular weight excluding hydrogens is 444 g/mol. The quantitative estimate of drug-likeness (QED) is 0.425. The summed E-state index contributed by atoms with van der Waals surface area (Å²) in [5.41, 5.74) is 2.71. The van der Waals surface area contributed by atoms with Gasteiger partial charge in [-0.1, -0.05) is 31.5 Å². The zero-order chi connectivity index (χ0) is 22.8. The molecule has 7 heteroatoms. The number of ether oxygens (including phenoxy) is 1. The number of rotatable bonds is 7. The third kappa shape index (κ3) is 4.42. The molecule has 0 saturated carbocycles. The van der Waals surface area contributed by atoms with Crippen molar-refractivity contribution in [1.29, 1.82) is 0 Å². The Morgan fingerprint density at radius 3 is 2.44 bits per heavy atom. The predicted molar refractivity (Wildman–Crippen MR) is 130 cm³/mol. The van der Waals surface area contributed by atoms with Crippen LogP contribution in [0.15, 0.2) is 65.7 Å². The summed E-state index contributed by atoms with van der Waals surface area (Å²) in [6.07, 6.45) is 0. The topological polar surface area (TPSA) is 58.6 Å². The van der Waals surface area contributed by atoms with Crippen LogP contribution in [0, 0.1) is 12.8 Å². The molecule has 32 heavy (non-hydrogen) atoms. The highest BCUT2D eigenvalue weighted by molar-refractivity contribution is 7.11. The minimum absolute atomic E-state index is 0.253. The largest absolute Gasteiger partial charge is 0.493 e. The summed E-state index contributed by atoms with van der Waals surface area (Å²) >= 11 is 7.49. The van der Waals surface area contributed by atoms with Crippen LogP contribution in [0.25, 0.3) is 5.57 Å². The molecule has 0 unspecified atom stereocenters. The van der Waals surface area contributed by atoms with Crippen LogP contribution in [-0.4, -0.2) is 18.4 Å².